The molecule has 2 aromatic carbocycles. The smallest absolute Gasteiger partial charge is 0.246 e. The topological polar surface area (TPSA) is 69.7 Å². The zero-order valence-electron chi connectivity index (χ0n) is 17.5. The van der Waals surface area contributed by atoms with Crippen molar-refractivity contribution in [3.05, 3.63) is 59.2 Å². The van der Waals surface area contributed by atoms with E-state index in [1.165, 1.54) is 0 Å². The van der Waals surface area contributed by atoms with E-state index in [0.29, 0.717) is 13.1 Å². The molecule has 0 radical (unpaired) electrons. The van der Waals surface area contributed by atoms with Gasteiger partial charge in [0.05, 0.1) is 12.5 Å². The molecule has 1 unspecified atom stereocenters. The molecular weight excluding hydrogens is 378 g/mol. The number of nitrogens with zero attached hydrogens (tertiary/aromatic N) is 2. The van der Waals surface area contributed by atoms with Crippen molar-refractivity contribution in [2.24, 2.45) is 5.92 Å². The number of aryl methyl sites for hydroxylation is 3. The fraction of sp³-hybridized carbons (Fsp3) is 0.375. The quantitative estimate of drug-likeness (QED) is 0.850. The summed E-state index contributed by atoms with van der Waals surface area (Å²) in [4.78, 5) is 41.3. The summed E-state index contributed by atoms with van der Waals surface area (Å²) in [5.74, 6) is -0.866. The predicted octanol–water partition coefficient (Wildman–Crippen LogP) is 2.75. The van der Waals surface area contributed by atoms with E-state index >= 15 is 0 Å². The van der Waals surface area contributed by atoms with E-state index in [1.54, 1.807) is 9.80 Å². The highest BCUT2D eigenvalue weighted by Crippen LogP contribution is 2.28. The first-order valence-electron chi connectivity index (χ1n) is 10.5. The van der Waals surface area contributed by atoms with Crippen LogP contribution < -0.4 is 15.1 Å². The lowest BCUT2D eigenvalue weighted by Gasteiger charge is -2.29. The Morgan fingerprint density at radius 3 is 2.70 bits per heavy atom. The zero-order valence-corrected chi connectivity index (χ0v) is 17.5. The maximum absolute atomic E-state index is 12.7. The highest BCUT2D eigenvalue weighted by Gasteiger charge is 2.35. The lowest BCUT2D eigenvalue weighted by molar-refractivity contribution is -0.128. The second-order valence-electron chi connectivity index (χ2n) is 8.17. The van der Waals surface area contributed by atoms with Gasteiger partial charge in [-0.1, -0.05) is 24.3 Å². The summed E-state index contributed by atoms with van der Waals surface area (Å²) in [6, 6.07) is 13.8. The Bertz CT molecular complexity index is 1000. The Morgan fingerprint density at radius 2 is 1.90 bits per heavy atom. The summed E-state index contributed by atoms with van der Waals surface area (Å²) >= 11 is 0. The number of carbonyl (C=O) groups excluding carboxylic acids is 3. The van der Waals surface area contributed by atoms with Gasteiger partial charge in [0.25, 0.3) is 0 Å². The predicted molar refractivity (Wildman–Crippen MR) is 117 cm³/mol. The molecule has 2 aromatic rings. The second-order valence-corrected chi connectivity index (χ2v) is 8.17. The third kappa shape index (κ3) is 3.95. The first-order chi connectivity index (χ1) is 14.4. The summed E-state index contributed by atoms with van der Waals surface area (Å²) in [5, 5.41) is 2.76. The van der Waals surface area contributed by atoms with Crippen LogP contribution >= 0.6 is 0 Å². The van der Waals surface area contributed by atoms with Crippen LogP contribution in [0.3, 0.4) is 0 Å². The van der Waals surface area contributed by atoms with Crippen LogP contribution in [0.4, 0.5) is 11.4 Å². The van der Waals surface area contributed by atoms with Gasteiger partial charge >= 0.3 is 0 Å². The lowest BCUT2D eigenvalue weighted by Crippen LogP contribution is -2.44. The van der Waals surface area contributed by atoms with E-state index in [0.717, 1.165) is 40.9 Å². The summed E-state index contributed by atoms with van der Waals surface area (Å²) < 4.78 is 0. The molecular formula is C24H27N3O3. The van der Waals surface area contributed by atoms with E-state index in [-0.39, 0.29) is 30.7 Å². The van der Waals surface area contributed by atoms with E-state index in [9.17, 15) is 14.4 Å². The van der Waals surface area contributed by atoms with Crippen LogP contribution in [0, 0.1) is 19.8 Å². The molecule has 30 heavy (non-hydrogen) atoms. The molecule has 3 amide bonds. The van der Waals surface area contributed by atoms with Gasteiger partial charge in [-0.2, -0.15) is 0 Å². The highest BCUT2D eigenvalue weighted by molar-refractivity contribution is 6.02. The van der Waals surface area contributed by atoms with Crippen LogP contribution in [0.1, 0.15) is 29.5 Å². The monoisotopic (exact) mass is 405 g/mol. The zero-order chi connectivity index (χ0) is 21.3. The molecule has 0 saturated carbocycles. The molecule has 2 aliphatic rings. The summed E-state index contributed by atoms with van der Waals surface area (Å²) in [6.45, 7) is 4.98. The Morgan fingerprint density at radius 1 is 1.10 bits per heavy atom. The van der Waals surface area contributed by atoms with E-state index in [4.69, 9.17) is 0 Å². The Hall–Kier alpha value is -3.15. The molecule has 2 aliphatic heterocycles. The molecule has 6 heteroatoms. The van der Waals surface area contributed by atoms with Crippen molar-refractivity contribution in [2.45, 2.75) is 33.1 Å². The number of para-hydroxylation sites is 1. The first-order valence-corrected chi connectivity index (χ1v) is 10.5. The van der Waals surface area contributed by atoms with Crippen molar-refractivity contribution in [3.63, 3.8) is 0 Å². The van der Waals surface area contributed by atoms with Crippen molar-refractivity contribution in [1.82, 2.24) is 5.32 Å². The number of carbonyl (C=O) groups is 3. The van der Waals surface area contributed by atoms with Crippen LogP contribution in [0.25, 0.3) is 0 Å². The fourth-order valence-corrected chi connectivity index (χ4v) is 4.22. The molecule has 156 valence electrons. The molecule has 0 aromatic heterocycles. The first kappa shape index (κ1) is 20.1. The SMILES string of the molecule is Cc1ccc(N2CC(C(=O)NCC(=O)N3CCCc4ccccc43)CC2=O)cc1C. The maximum atomic E-state index is 12.7. The van der Waals surface area contributed by atoms with Gasteiger partial charge in [-0.15, -0.1) is 0 Å². The van der Waals surface area contributed by atoms with Crippen molar-refractivity contribution in [2.75, 3.05) is 29.4 Å². The summed E-state index contributed by atoms with van der Waals surface area (Å²) in [7, 11) is 0. The third-order valence-corrected chi connectivity index (χ3v) is 6.12. The summed E-state index contributed by atoms with van der Waals surface area (Å²) in [5.41, 5.74) is 5.19. The molecule has 1 saturated heterocycles. The second kappa shape index (κ2) is 8.30. The number of hydrogen-bond acceptors (Lipinski definition) is 3. The van der Waals surface area contributed by atoms with Crippen LogP contribution in [0.2, 0.25) is 0 Å². The van der Waals surface area contributed by atoms with Crippen molar-refractivity contribution < 1.29 is 14.4 Å². The molecule has 0 spiro atoms. The number of nitrogens with one attached hydrogen (secondary N) is 1. The number of amides is 3. The number of rotatable bonds is 4. The lowest BCUT2D eigenvalue weighted by atomic mass is 10.0. The van der Waals surface area contributed by atoms with E-state index in [2.05, 4.69) is 5.32 Å². The van der Waals surface area contributed by atoms with Crippen molar-refractivity contribution in [3.8, 4) is 0 Å². The van der Waals surface area contributed by atoms with E-state index < -0.39 is 5.92 Å². The van der Waals surface area contributed by atoms with Crippen LogP contribution in [0.5, 0.6) is 0 Å². The van der Waals surface area contributed by atoms with E-state index in [1.807, 2.05) is 56.3 Å². The standard InChI is InChI=1S/C24H27N3O3/c1-16-9-10-20(12-17(16)2)27-15-19(13-22(27)28)24(30)25-14-23(29)26-11-5-7-18-6-3-4-8-21(18)26/h3-4,6,8-10,12,19H,5,7,11,13-15H2,1-2H3,(H,25,30). The van der Waals surface area contributed by atoms with Gasteiger partial charge in [0.15, 0.2) is 0 Å². The van der Waals surface area contributed by atoms with Crippen LogP contribution in [0.15, 0.2) is 42.5 Å². The number of anilines is 2. The minimum Gasteiger partial charge on any atom is -0.347 e. The van der Waals surface area contributed by atoms with Gasteiger partial charge in [0.1, 0.15) is 0 Å². The number of benzene rings is 2. The number of fused-ring (bicyclic) bond motifs is 1. The highest BCUT2D eigenvalue weighted by atomic mass is 16.2. The van der Waals surface area contributed by atoms with Crippen LogP contribution in [-0.2, 0) is 20.8 Å². The third-order valence-electron chi connectivity index (χ3n) is 6.12. The average molecular weight is 405 g/mol. The van der Waals surface area contributed by atoms with Crippen molar-refractivity contribution >= 4 is 29.1 Å². The molecule has 6 nitrogen and oxygen atoms in total. The van der Waals surface area contributed by atoms with Crippen molar-refractivity contribution in [1.29, 1.82) is 0 Å². The minimum atomic E-state index is -0.444. The van der Waals surface area contributed by atoms with Gasteiger partial charge in [-0.25, -0.2) is 0 Å². The van der Waals surface area contributed by atoms with Gasteiger partial charge in [0, 0.05) is 30.9 Å². The molecule has 4 rings (SSSR count). The van der Waals surface area contributed by atoms with Gasteiger partial charge < -0.3 is 15.1 Å². The summed E-state index contributed by atoms with van der Waals surface area (Å²) in [6.07, 6.45) is 2.04. The Kier molecular flexibility index (Phi) is 5.57. The Labute approximate surface area is 176 Å². The molecule has 2 heterocycles. The van der Waals surface area contributed by atoms with Gasteiger partial charge in [0.2, 0.25) is 17.7 Å². The maximum Gasteiger partial charge on any atom is 0.246 e. The van der Waals surface area contributed by atoms with Gasteiger partial charge in [-0.05, 0) is 61.6 Å². The molecule has 0 bridgehead atoms. The fourth-order valence-electron chi connectivity index (χ4n) is 4.22. The van der Waals surface area contributed by atoms with Crippen LogP contribution in [-0.4, -0.2) is 37.4 Å². The molecule has 1 atom stereocenters. The van der Waals surface area contributed by atoms with Gasteiger partial charge in [-0.3, -0.25) is 14.4 Å². The Balaban J connectivity index is 1.36. The number of hydrogen-bond donors (Lipinski definition) is 1. The molecule has 1 fully saturated rings. The normalized spacial score (nSPS) is 18.3. The minimum absolute atomic E-state index is 0.0541. The molecule has 0 aliphatic carbocycles. The average Bonchev–Trinajstić information content (AvgIpc) is 3.15. The largest absolute Gasteiger partial charge is 0.347 e. The molecule has 1 N–H and O–H groups in total.